The molecule has 0 aliphatic carbocycles. The Morgan fingerprint density at radius 2 is 0.719 bits per heavy atom. The minimum atomic E-state index is -1.27. The molecule has 0 N–H and O–H groups in total. The molecule has 0 spiro atoms. The first-order valence-electron chi connectivity index (χ1n) is 10.7. The molecule has 4 aromatic rings. The number of benzene rings is 4. The van der Waals surface area contributed by atoms with E-state index in [2.05, 4.69) is 12.1 Å². The number of nitrogens with zero attached hydrogens (tertiary/aromatic N) is 2. The van der Waals surface area contributed by atoms with Gasteiger partial charge in [-0.15, -0.1) is 0 Å². The molecule has 0 aliphatic rings. The standard InChI is InChI=1S/C30H24N2/c1-23-13-17-27(18-14-23)29(21-31,25-9-5-3-6-10-25)30(22-32,26-11-7-4-8-12-26)28-19-15-24(2)16-20-28/h3-20H,1-2H3. The molecule has 154 valence electrons. The summed E-state index contributed by atoms with van der Waals surface area (Å²) in [6.45, 7) is 4.05. The Hall–Kier alpha value is -4.14. The van der Waals surface area contributed by atoms with Crippen molar-refractivity contribution in [1.29, 1.82) is 10.5 Å². The Morgan fingerprint density at radius 3 is 1.00 bits per heavy atom. The Morgan fingerprint density at radius 1 is 0.438 bits per heavy atom. The maximum Gasteiger partial charge on any atom is 0.134 e. The average molecular weight is 413 g/mol. The zero-order valence-corrected chi connectivity index (χ0v) is 18.3. The molecular weight excluding hydrogens is 388 g/mol. The molecule has 0 aromatic heterocycles. The summed E-state index contributed by atoms with van der Waals surface area (Å²) in [6.07, 6.45) is 0. The van der Waals surface area contributed by atoms with Crippen molar-refractivity contribution in [3.63, 3.8) is 0 Å². The van der Waals surface area contributed by atoms with Crippen LogP contribution in [0.5, 0.6) is 0 Å². The van der Waals surface area contributed by atoms with Crippen LogP contribution in [0.25, 0.3) is 0 Å². The van der Waals surface area contributed by atoms with Gasteiger partial charge in [-0.1, -0.05) is 120 Å². The van der Waals surface area contributed by atoms with Gasteiger partial charge in [-0.2, -0.15) is 10.5 Å². The van der Waals surface area contributed by atoms with Crippen LogP contribution in [0.4, 0.5) is 0 Å². The van der Waals surface area contributed by atoms with Crippen LogP contribution in [0.2, 0.25) is 0 Å². The van der Waals surface area contributed by atoms with Gasteiger partial charge in [0, 0.05) is 0 Å². The Balaban J connectivity index is 2.21. The molecule has 4 aromatic carbocycles. The van der Waals surface area contributed by atoms with Crippen molar-refractivity contribution in [2.45, 2.75) is 24.7 Å². The van der Waals surface area contributed by atoms with E-state index in [9.17, 15) is 10.5 Å². The van der Waals surface area contributed by atoms with E-state index in [1.807, 2.05) is 123 Å². The third kappa shape index (κ3) is 3.18. The van der Waals surface area contributed by atoms with Crippen molar-refractivity contribution in [2.75, 3.05) is 0 Å². The van der Waals surface area contributed by atoms with Crippen LogP contribution in [0.1, 0.15) is 33.4 Å². The van der Waals surface area contributed by atoms with Crippen LogP contribution in [0, 0.1) is 36.5 Å². The van der Waals surface area contributed by atoms with Gasteiger partial charge in [0.25, 0.3) is 0 Å². The molecule has 2 atom stereocenters. The van der Waals surface area contributed by atoms with E-state index in [0.29, 0.717) is 0 Å². The lowest BCUT2D eigenvalue weighted by molar-refractivity contribution is 0.470. The van der Waals surface area contributed by atoms with E-state index in [-0.39, 0.29) is 0 Å². The van der Waals surface area contributed by atoms with Crippen molar-refractivity contribution < 1.29 is 0 Å². The summed E-state index contributed by atoms with van der Waals surface area (Å²) in [5.41, 5.74) is 2.83. The van der Waals surface area contributed by atoms with Gasteiger partial charge in [-0.05, 0) is 36.1 Å². The highest BCUT2D eigenvalue weighted by Gasteiger charge is 2.57. The quantitative estimate of drug-likeness (QED) is 0.370. The Kier molecular flexibility index (Phi) is 5.63. The molecule has 0 fully saturated rings. The van der Waals surface area contributed by atoms with Crippen molar-refractivity contribution >= 4 is 0 Å². The maximum atomic E-state index is 11.0. The van der Waals surface area contributed by atoms with Gasteiger partial charge in [0.05, 0.1) is 12.1 Å². The molecule has 4 rings (SSSR count). The second-order valence-corrected chi connectivity index (χ2v) is 8.19. The molecule has 2 nitrogen and oxygen atoms in total. The van der Waals surface area contributed by atoms with Gasteiger partial charge in [-0.25, -0.2) is 0 Å². The first kappa shape index (κ1) is 21.1. The van der Waals surface area contributed by atoms with Gasteiger partial charge in [0.1, 0.15) is 10.8 Å². The smallest absolute Gasteiger partial charge is 0.134 e. The van der Waals surface area contributed by atoms with E-state index in [1.165, 1.54) is 0 Å². The number of hydrogen-bond donors (Lipinski definition) is 0. The number of nitriles is 2. The summed E-state index contributed by atoms with van der Waals surface area (Å²) >= 11 is 0. The summed E-state index contributed by atoms with van der Waals surface area (Å²) in [7, 11) is 0. The lowest BCUT2D eigenvalue weighted by Gasteiger charge is -2.43. The maximum absolute atomic E-state index is 11.0. The second kappa shape index (κ2) is 8.54. The van der Waals surface area contributed by atoms with E-state index >= 15 is 0 Å². The normalized spacial score (nSPS) is 14.4. The largest absolute Gasteiger partial charge is 0.197 e. The van der Waals surface area contributed by atoms with Gasteiger partial charge in [0.15, 0.2) is 0 Å². The molecule has 0 aliphatic heterocycles. The first-order chi connectivity index (χ1) is 15.6. The fourth-order valence-electron chi connectivity index (χ4n) is 4.61. The molecule has 0 heterocycles. The van der Waals surface area contributed by atoms with E-state index in [0.717, 1.165) is 33.4 Å². The minimum Gasteiger partial charge on any atom is -0.197 e. The van der Waals surface area contributed by atoms with Crippen LogP contribution >= 0.6 is 0 Å². The van der Waals surface area contributed by atoms with Crippen LogP contribution in [0.3, 0.4) is 0 Å². The van der Waals surface area contributed by atoms with Crippen molar-refractivity contribution in [1.82, 2.24) is 0 Å². The highest BCUT2D eigenvalue weighted by molar-refractivity contribution is 5.64. The number of aryl methyl sites for hydroxylation is 2. The van der Waals surface area contributed by atoms with Crippen molar-refractivity contribution in [3.8, 4) is 12.1 Å². The minimum absolute atomic E-state index is 0.789. The summed E-state index contributed by atoms with van der Waals surface area (Å²) in [5, 5.41) is 22.0. The van der Waals surface area contributed by atoms with Crippen molar-refractivity contribution in [2.24, 2.45) is 0 Å². The monoisotopic (exact) mass is 412 g/mol. The summed E-state index contributed by atoms with van der Waals surface area (Å²) in [6, 6.07) is 40.6. The van der Waals surface area contributed by atoms with E-state index in [1.54, 1.807) is 0 Å². The molecular formula is C30H24N2. The summed E-state index contributed by atoms with van der Waals surface area (Å²) < 4.78 is 0. The van der Waals surface area contributed by atoms with E-state index < -0.39 is 10.8 Å². The lowest BCUT2D eigenvalue weighted by Crippen LogP contribution is -2.49. The summed E-state index contributed by atoms with van der Waals surface area (Å²) in [5.74, 6) is 0. The van der Waals surface area contributed by atoms with Crippen LogP contribution in [-0.2, 0) is 10.8 Å². The van der Waals surface area contributed by atoms with Gasteiger partial charge >= 0.3 is 0 Å². The fraction of sp³-hybridized carbons (Fsp3) is 0.133. The Labute approximate surface area is 190 Å². The Bertz CT molecular complexity index is 1170. The van der Waals surface area contributed by atoms with Crippen molar-refractivity contribution in [3.05, 3.63) is 143 Å². The van der Waals surface area contributed by atoms with Crippen LogP contribution in [0.15, 0.2) is 109 Å². The molecule has 0 radical (unpaired) electrons. The SMILES string of the molecule is Cc1ccc(C(C#N)(c2ccccc2)C(C#N)(c2ccccc2)c2ccc(C)cc2)cc1. The highest BCUT2D eigenvalue weighted by atomic mass is 14.6. The summed E-state index contributed by atoms with van der Waals surface area (Å²) in [4.78, 5) is 0. The molecule has 32 heavy (non-hydrogen) atoms. The second-order valence-electron chi connectivity index (χ2n) is 8.19. The van der Waals surface area contributed by atoms with Gasteiger partial charge in [0.2, 0.25) is 0 Å². The lowest BCUT2D eigenvalue weighted by atomic mass is 9.52. The molecule has 0 saturated carbocycles. The molecule has 0 saturated heterocycles. The van der Waals surface area contributed by atoms with Gasteiger partial charge in [-0.3, -0.25) is 0 Å². The average Bonchev–Trinajstić information content (AvgIpc) is 2.85. The van der Waals surface area contributed by atoms with Gasteiger partial charge < -0.3 is 0 Å². The third-order valence-corrected chi connectivity index (χ3v) is 6.28. The number of hydrogen-bond acceptors (Lipinski definition) is 2. The molecule has 2 unspecified atom stereocenters. The topological polar surface area (TPSA) is 47.6 Å². The zero-order valence-electron chi connectivity index (χ0n) is 18.3. The predicted molar refractivity (Wildman–Crippen MR) is 128 cm³/mol. The zero-order chi connectivity index (χ0) is 22.6. The first-order valence-corrected chi connectivity index (χ1v) is 10.7. The van der Waals surface area contributed by atoms with Crippen LogP contribution in [-0.4, -0.2) is 0 Å². The fourth-order valence-corrected chi connectivity index (χ4v) is 4.61. The molecule has 0 bridgehead atoms. The predicted octanol–water partition coefficient (Wildman–Crippen LogP) is 6.62. The molecule has 0 amide bonds. The number of rotatable bonds is 5. The van der Waals surface area contributed by atoms with E-state index in [4.69, 9.17) is 0 Å². The molecule has 2 heteroatoms. The third-order valence-electron chi connectivity index (χ3n) is 6.28. The van der Waals surface area contributed by atoms with Crippen LogP contribution < -0.4 is 0 Å². The highest BCUT2D eigenvalue weighted by Crippen LogP contribution is 2.52.